The van der Waals surface area contributed by atoms with E-state index in [1.165, 1.54) is 24.1 Å². The molecule has 1 amide bonds. The second-order valence-electron chi connectivity index (χ2n) is 5.09. The Morgan fingerprint density at radius 2 is 1.90 bits per heavy atom. The molecule has 106 valence electrons. The molecule has 4 heteroatoms. The molecule has 0 saturated heterocycles. The van der Waals surface area contributed by atoms with Crippen LogP contribution in [0.2, 0.25) is 0 Å². The number of hydrogen-bond acceptors (Lipinski definition) is 2. The SMILES string of the molecule is CN(C(=O)CC1=CCCCC1)c1ccc(C(=O)O)cc1. The summed E-state index contributed by atoms with van der Waals surface area (Å²) in [7, 11) is 1.72. The monoisotopic (exact) mass is 273 g/mol. The maximum absolute atomic E-state index is 12.2. The Balaban J connectivity index is 2.02. The lowest BCUT2D eigenvalue weighted by Crippen LogP contribution is -2.26. The Kier molecular flexibility index (Phi) is 4.56. The average Bonchev–Trinajstić information content (AvgIpc) is 2.47. The van der Waals surface area contributed by atoms with Gasteiger partial charge in [0, 0.05) is 19.2 Å². The summed E-state index contributed by atoms with van der Waals surface area (Å²) in [5, 5.41) is 8.85. The van der Waals surface area contributed by atoms with Gasteiger partial charge in [-0.2, -0.15) is 0 Å². The molecular formula is C16H19NO3. The highest BCUT2D eigenvalue weighted by Gasteiger charge is 2.14. The van der Waals surface area contributed by atoms with Crippen LogP contribution in [-0.2, 0) is 4.79 Å². The van der Waals surface area contributed by atoms with Gasteiger partial charge in [-0.05, 0) is 49.9 Å². The van der Waals surface area contributed by atoms with Crippen LogP contribution < -0.4 is 4.90 Å². The molecule has 1 aliphatic carbocycles. The number of carboxylic acid groups (broad SMARTS) is 1. The molecule has 1 aromatic carbocycles. The quantitative estimate of drug-likeness (QED) is 0.857. The molecule has 0 atom stereocenters. The van der Waals surface area contributed by atoms with E-state index in [9.17, 15) is 9.59 Å². The minimum Gasteiger partial charge on any atom is -0.478 e. The third kappa shape index (κ3) is 3.47. The Bertz CT molecular complexity index is 531. The van der Waals surface area contributed by atoms with Crippen LogP contribution in [0.15, 0.2) is 35.9 Å². The van der Waals surface area contributed by atoms with Crippen molar-refractivity contribution >= 4 is 17.6 Å². The van der Waals surface area contributed by atoms with Crippen molar-refractivity contribution in [3.05, 3.63) is 41.5 Å². The minimum atomic E-state index is -0.960. The molecule has 0 unspecified atom stereocenters. The first-order valence-corrected chi connectivity index (χ1v) is 6.86. The van der Waals surface area contributed by atoms with E-state index in [-0.39, 0.29) is 11.5 Å². The molecule has 0 radical (unpaired) electrons. The molecule has 0 spiro atoms. The van der Waals surface area contributed by atoms with Crippen molar-refractivity contribution < 1.29 is 14.7 Å². The summed E-state index contributed by atoms with van der Waals surface area (Å²) in [6.45, 7) is 0. The maximum Gasteiger partial charge on any atom is 0.335 e. The molecule has 0 saturated carbocycles. The number of benzene rings is 1. The molecule has 0 fully saturated rings. The molecule has 4 nitrogen and oxygen atoms in total. The van der Waals surface area contributed by atoms with Crippen LogP contribution in [0.3, 0.4) is 0 Å². The molecule has 20 heavy (non-hydrogen) atoms. The summed E-state index contributed by atoms with van der Waals surface area (Å²) in [4.78, 5) is 24.6. The lowest BCUT2D eigenvalue weighted by Gasteiger charge is -2.19. The van der Waals surface area contributed by atoms with Crippen molar-refractivity contribution in [2.75, 3.05) is 11.9 Å². The Labute approximate surface area is 118 Å². The molecule has 0 bridgehead atoms. The van der Waals surface area contributed by atoms with Crippen LogP contribution in [0.5, 0.6) is 0 Å². The van der Waals surface area contributed by atoms with Gasteiger partial charge < -0.3 is 10.0 Å². The zero-order chi connectivity index (χ0) is 14.5. The second-order valence-corrected chi connectivity index (χ2v) is 5.09. The van der Waals surface area contributed by atoms with E-state index in [1.807, 2.05) is 0 Å². The third-order valence-electron chi connectivity index (χ3n) is 3.64. The van der Waals surface area contributed by atoms with Crippen molar-refractivity contribution in [1.82, 2.24) is 0 Å². The molecule has 1 aliphatic rings. The van der Waals surface area contributed by atoms with Crippen molar-refractivity contribution in [3.63, 3.8) is 0 Å². The highest BCUT2D eigenvalue weighted by Crippen LogP contribution is 2.22. The molecule has 1 N–H and O–H groups in total. The van der Waals surface area contributed by atoms with Crippen molar-refractivity contribution in [1.29, 1.82) is 0 Å². The second kappa shape index (κ2) is 6.37. The molecule has 1 aromatic rings. The maximum atomic E-state index is 12.2. The number of anilines is 1. The molecular weight excluding hydrogens is 254 g/mol. The van der Waals surface area contributed by atoms with E-state index in [4.69, 9.17) is 5.11 Å². The van der Waals surface area contributed by atoms with Crippen molar-refractivity contribution in [2.45, 2.75) is 32.1 Å². The first-order valence-electron chi connectivity index (χ1n) is 6.86. The van der Waals surface area contributed by atoms with Gasteiger partial charge in [-0.15, -0.1) is 0 Å². The van der Waals surface area contributed by atoms with Crippen LogP contribution in [-0.4, -0.2) is 24.0 Å². The highest BCUT2D eigenvalue weighted by atomic mass is 16.4. The van der Waals surface area contributed by atoms with Gasteiger partial charge in [0.1, 0.15) is 0 Å². The summed E-state index contributed by atoms with van der Waals surface area (Å²) in [5.74, 6) is -0.917. The van der Waals surface area contributed by atoms with E-state index in [0.717, 1.165) is 24.9 Å². The number of carbonyl (C=O) groups is 2. The van der Waals surface area contributed by atoms with Gasteiger partial charge in [0.25, 0.3) is 0 Å². The van der Waals surface area contributed by atoms with Crippen LogP contribution in [0.1, 0.15) is 42.5 Å². The topological polar surface area (TPSA) is 57.6 Å². The van der Waals surface area contributed by atoms with E-state index in [2.05, 4.69) is 6.08 Å². The number of carboxylic acids is 1. The average molecular weight is 273 g/mol. The number of rotatable bonds is 4. The summed E-state index contributed by atoms with van der Waals surface area (Å²) in [6.07, 6.45) is 7.08. The number of nitrogens with zero attached hydrogens (tertiary/aromatic N) is 1. The first-order chi connectivity index (χ1) is 9.58. The van der Waals surface area contributed by atoms with Crippen LogP contribution in [0.4, 0.5) is 5.69 Å². The fraction of sp³-hybridized carbons (Fsp3) is 0.375. The number of amides is 1. The summed E-state index contributed by atoms with van der Waals surface area (Å²) in [5.41, 5.74) is 2.16. The Hall–Kier alpha value is -2.10. The molecule has 0 aliphatic heterocycles. The van der Waals surface area contributed by atoms with Crippen LogP contribution in [0, 0.1) is 0 Å². The van der Waals surface area contributed by atoms with Crippen molar-refractivity contribution in [2.24, 2.45) is 0 Å². The predicted octanol–water partition coefficient (Wildman–Crippen LogP) is 3.24. The number of allylic oxidation sites excluding steroid dienone is 1. The Morgan fingerprint density at radius 3 is 2.45 bits per heavy atom. The summed E-state index contributed by atoms with van der Waals surface area (Å²) < 4.78 is 0. The third-order valence-corrected chi connectivity index (χ3v) is 3.64. The molecule has 2 rings (SSSR count). The number of aromatic carboxylic acids is 1. The van der Waals surface area contributed by atoms with E-state index < -0.39 is 5.97 Å². The van der Waals surface area contributed by atoms with Gasteiger partial charge in [0.15, 0.2) is 0 Å². The lowest BCUT2D eigenvalue weighted by atomic mass is 9.97. The smallest absolute Gasteiger partial charge is 0.335 e. The van der Waals surface area contributed by atoms with E-state index >= 15 is 0 Å². The van der Waals surface area contributed by atoms with Crippen molar-refractivity contribution in [3.8, 4) is 0 Å². The fourth-order valence-corrected chi connectivity index (χ4v) is 2.35. The summed E-state index contributed by atoms with van der Waals surface area (Å²) in [6, 6.07) is 6.36. The predicted molar refractivity (Wildman–Crippen MR) is 78.0 cm³/mol. The van der Waals surface area contributed by atoms with Crippen LogP contribution >= 0.6 is 0 Å². The van der Waals surface area contributed by atoms with Gasteiger partial charge in [-0.25, -0.2) is 4.79 Å². The number of hydrogen-bond donors (Lipinski definition) is 1. The van der Waals surface area contributed by atoms with Gasteiger partial charge in [-0.1, -0.05) is 11.6 Å². The van der Waals surface area contributed by atoms with Gasteiger partial charge >= 0.3 is 5.97 Å². The zero-order valence-corrected chi connectivity index (χ0v) is 11.6. The molecule has 0 aromatic heterocycles. The zero-order valence-electron chi connectivity index (χ0n) is 11.6. The lowest BCUT2D eigenvalue weighted by molar-refractivity contribution is -0.117. The first kappa shape index (κ1) is 14.3. The molecule has 0 heterocycles. The number of carbonyl (C=O) groups excluding carboxylic acids is 1. The van der Waals surface area contributed by atoms with Gasteiger partial charge in [-0.3, -0.25) is 4.79 Å². The highest BCUT2D eigenvalue weighted by molar-refractivity contribution is 5.95. The van der Waals surface area contributed by atoms with Crippen LogP contribution in [0.25, 0.3) is 0 Å². The van der Waals surface area contributed by atoms with Gasteiger partial charge in [0.05, 0.1) is 5.56 Å². The largest absolute Gasteiger partial charge is 0.478 e. The fourth-order valence-electron chi connectivity index (χ4n) is 2.35. The minimum absolute atomic E-state index is 0.0428. The normalized spacial score (nSPS) is 14.6. The van der Waals surface area contributed by atoms with E-state index in [1.54, 1.807) is 24.1 Å². The van der Waals surface area contributed by atoms with Gasteiger partial charge in [0.2, 0.25) is 5.91 Å². The summed E-state index contributed by atoms with van der Waals surface area (Å²) >= 11 is 0. The standard InChI is InChI=1S/C16H19NO3/c1-17(14-9-7-13(8-10-14)16(19)20)15(18)11-12-5-3-2-4-6-12/h5,7-10H,2-4,6,11H2,1H3,(H,19,20). The Morgan fingerprint density at radius 1 is 1.20 bits per heavy atom. The van der Waals surface area contributed by atoms with E-state index in [0.29, 0.717) is 6.42 Å².